The summed E-state index contributed by atoms with van der Waals surface area (Å²) in [4.78, 5) is 18.5. The molecule has 25 heavy (non-hydrogen) atoms. The molecule has 6 heteroatoms. The second-order valence-corrected chi connectivity index (χ2v) is 5.71. The zero-order chi connectivity index (χ0) is 17.8. The first-order chi connectivity index (χ1) is 12.1. The van der Waals surface area contributed by atoms with E-state index < -0.39 is 0 Å². The smallest absolute Gasteiger partial charge is 0.254 e. The number of halogens is 1. The van der Waals surface area contributed by atoms with Crippen LogP contribution in [0.25, 0.3) is 11.4 Å². The normalized spacial score (nSPS) is 10.7. The van der Waals surface area contributed by atoms with Crippen LogP contribution in [0.1, 0.15) is 28.7 Å². The summed E-state index contributed by atoms with van der Waals surface area (Å²) in [6.45, 7) is 4.52. The Labute approximate surface area is 145 Å². The summed E-state index contributed by atoms with van der Waals surface area (Å²) in [6.07, 6.45) is 0. The average Bonchev–Trinajstić information content (AvgIpc) is 3.08. The Hall–Kier alpha value is -3.02. The Kier molecular flexibility index (Phi) is 4.88. The van der Waals surface area contributed by atoms with Gasteiger partial charge in [-0.2, -0.15) is 4.98 Å². The van der Waals surface area contributed by atoms with Crippen LogP contribution < -0.4 is 0 Å². The molecule has 0 aliphatic rings. The van der Waals surface area contributed by atoms with Crippen LogP contribution in [0.4, 0.5) is 4.39 Å². The van der Waals surface area contributed by atoms with Gasteiger partial charge in [-0.25, -0.2) is 4.39 Å². The van der Waals surface area contributed by atoms with Crippen LogP contribution >= 0.6 is 0 Å². The van der Waals surface area contributed by atoms with Crippen molar-refractivity contribution in [3.05, 3.63) is 71.4 Å². The van der Waals surface area contributed by atoms with Gasteiger partial charge in [0, 0.05) is 17.7 Å². The third kappa shape index (κ3) is 3.91. The van der Waals surface area contributed by atoms with E-state index in [4.69, 9.17) is 4.52 Å². The minimum atomic E-state index is -0.376. The van der Waals surface area contributed by atoms with E-state index in [-0.39, 0.29) is 18.3 Å². The minimum Gasteiger partial charge on any atom is -0.337 e. The van der Waals surface area contributed by atoms with E-state index in [1.807, 2.05) is 38.1 Å². The van der Waals surface area contributed by atoms with Crippen LogP contribution in [-0.2, 0) is 6.54 Å². The molecule has 3 rings (SSSR count). The number of hydrogen-bond donors (Lipinski definition) is 0. The predicted octanol–water partition coefficient (Wildman–Crippen LogP) is 3.85. The molecule has 1 heterocycles. The molecule has 0 spiro atoms. The van der Waals surface area contributed by atoms with Crippen LogP contribution in [0.2, 0.25) is 0 Å². The second kappa shape index (κ2) is 7.25. The number of carbonyl (C=O) groups is 1. The van der Waals surface area contributed by atoms with Crippen molar-refractivity contribution in [1.29, 1.82) is 0 Å². The van der Waals surface area contributed by atoms with E-state index in [2.05, 4.69) is 10.1 Å². The van der Waals surface area contributed by atoms with Gasteiger partial charge in [0.2, 0.25) is 11.7 Å². The molecule has 0 aliphatic heterocycles. The van der Waals surface area contributed by atoms with Gasteiger partial charge < -0.3 is 9.42 Å². The largest absolute Gasteiger partial charge is 0.337 e. The minimum absolute atomic E-state index is 0.200. The van der Waals surface area contributed by atoms with Gasteiger partial charge >= 0.3 is 0 Å². The molecule has 2 aromatic carbocycles. The Bertz CT molecular complexity index is 874. The molecule has 0 N–H and O–H groups in total. The maximum atomic E-state index is 13.0. The van der Waals surface area contributed by atoms with Crippen molar-refractivity contribution in [2.75, 3.05) is 6.54 Å². The van der Waals surface area contributed by atoms with Crippen LogP contribution in [0.3, 0.4) is 0 Å². The Morgan fingerprint density at radius 3 is 2.64 bits per heavy atom. The Morgan fingerprint density at radius 2 is 1.96 bits per heavy atom. The lowest BCUT2D eigenvalue weighted by Crippen LogP contribution is -2.30. The lowest BCUT2D eigenvalue weighted by Gasteiger charge is -2.18. The van der Waals surface area contributed by atoms with Gasteiger partial charge in [0.1, 0.15) is 12.4 Å². The molecule has 1 amide bonds. The fraction of sp³-hybridized carbons (Fsp3) is 0.211. The van der Waals surface area contributed by atoms with Crippen molar-refractivity contribution in [2.24, 2.45) is 0 Å². The van der Waals surface area contributed by atoms with Crippen LogP contribution in [0, 0.1) is 12.7 Å². The van der Waals surface area contributed by atoms with E-state index >= 15 is 0 Å². The lowest BCUT2D eigenvalue weighted by molar-refractivity contribution is 0.0734. The number of rotatable bonds is 5. The van der Waals surface area contributed by atoms with Crippen molar-refractivity contribution >= 4 is 5.91 Å². The summed E-state index contributed by atoms with van der Waals surface area (Å²) in [5, 5.41) is 3.98. The van der Waals surface area contributed by atoms with Gasteiger partial charge in [0.05, 0.1) is 0 Å². The first-order valence-corrected chi connectivity index (χ1v) is 8.01. The summed E-state index contributed by atoms with van der Waals surface area (Å²) in [5.74, 6) is 0.259. The molecular weight excluding hydrogens is 321 g/mol. The standard InChI is InChI=1S/C19H18FN3O2/c1-3-23(19(24)14-7-9-16(20)10-8-14)12-17-21-18(22-25-17)15-6-4-5-13(2)11-15/h4-11H,3,12H2,1-2H3. The van der Waals surface area contributed by atoms with Gasteiger partial charge in [0.25, 0.3) is 5.91 Å². The fourth-order valence-corrected chi connectivity index (χ4v) is 2.49. The second-order valence-electron chi connectivity index (χ2n) is 5.71. The molecule has 0 unspecified atom stereocenters. The molecule has 128 valence electrons. The molecule has 0 atom stereocenters. The number of hydrogen-bond acceptors (Lipinski definition) is 4. The number of carbonyl (C=O) groups excluding carboxylic acids is 1. The molecule has 1 aromatic heterocycles. The number of nitrogens with zero attached hydrogens (tertiary/aromatic N) is 3. The highest BCUT2D eigenvalue weighted by Crippen LogP contribution is 2.18. The van der Waals surface area contributed by atoms with E-state index in [9.17, 15) is 9.18 Å². The SMILES string of the molecule is CCN(Cc1nc(-c2cccc(C)c2)no1)C(=O)c1ccc(F)cc1. The number of aryl methyl sites for hydroxylation is 1. The summed E-state index contributed by atoms with van der Waals surface area (Å²) < 4.78 is 18.3. The van der Waals surface area contributed by atoms with Gasteiger partial charge in [-0.1, -0.05) is 28.9 Å². The van der Waals surface area contributed by atoms with Gasteiger partial charge in [-0.3, -0.25) is 4.79 Å². The quantitative estimate of drug-likeness (QED) is 0.708. The third-order valence-corrected chi connectivity index (χ3v) is 3.83. The first kappa shape index (κ1) is 16.8. The summed E-state index contributed by atoms with van der Waals surface area (Å²) >= 11 is 0. The van der Waals surface area contributed by atoms with Crippen molar-refractivity contribution in [1.82, 2.24) is 15.0 Å². The van der Waals surface area contributed by atoms with Crippen molar-refractivity contribution in [2.45, 2.75) is 20.4 Å². The van der Waals surface area contributed by atoms with Gasteiger partial charge in [0.15, 0.2) is 0 Å². The zero-order valence-corrected chi connectivity index (χ0v) is 14.1. The molecule has 3 aromatic rings. The summed E-state index contributed by atoms with van der Waals surface area (Å²) in [5.41, 5.74) is 2.38. The molecule has 0 bridgehead atoms. The summed E-state index contributed by atoms with van der Waals surface area (Å²) in [6, 6.07) is 13.3. The molecule has 0 aliphatic carbocycles. The highest BCUT2D eigenvalue weighted by atomic mass is 19.1. The third-order valence-electron chi connectivity index (χ3n) is 3.83. The molecule has 0 saturated carbocycles. The van der Waals surface area contributed by atoms with Crippen molar-refractivity contribution in [3.8, 4) is 11.4 Å². The van der Waals surface area contributed by atoms with Crippen molar-refractivity contribution < 1.29 is 13.7 Å². The molecule has 5 nitrogen and oxygen atoms in total. The monoisotopic (exact) mass is 339 g/mol. The molecular formula is C19H18FN3O2. The topological polar surface area (TPSA) is 59.2 Å². The zero-order valence-electron chi connectivity index (χ0n) is 14.1. The van der Waals surface area contributed by atoms with Gasteiger partial charge in [-0.05, 0) is 44.2 Å². The van der Waals surface area contributed by atoms with E-state index in [0.29, 0.717) is 23.8 Å². The average molecular weight is 339 g/mol. The summed E-state index contributed by atoms with van der Waals surface area (Å²) in [7, 11) is 0. The van der Waals surface area contributed by atoms with Gasteiger partial charge in [-0.15, -0.1) is 0 Å². The van der Waals surface area contributed by atoms with Crippen LogP contribution in [-0.4, -0.2) is 27.5 Å². The maximum absolute atomic E-state index is 13.0. The van der Waals surface area contributed by atoms with E-state index in [1.54, 1.807) is 4.90 Å². The Balaban J connectivity index is 1.76. The van der Waals surface area contributed by atoms with Crippen molar-refractivity contribution in [3.63, 3.8) is 0 Å². The van der Waals surface area contributed by atoms with E-state index in [1.165, 1.54) is 24.3 Å². The predicted molar refractivity (Wildman–Crippen MR) is 91.3 cm³/mol. The fourth-order valence-electron chi connectivity index (χ4n) is 2.49. The number of amides is 1. The molecule has 0 saturated heterocycles. The highest BCUT2D eigenvalue weighted by molar-refractivity contribution is 5.94. The highest BCUT2D eigenvalue weighted by Gasteiger charge is 2.18. The molecule has 0 fully saturated rings. The number of aromatic nitrogens is 2. The van der Waals surface area contributed by atoms with E-state index in [0.717, 1.165) is 11.1 Å². The Morgan fingerprint density at radius 1 is 1.20 bits per heavy atom. The number of benzene rings is 2. The van der Waals surface area contributed by atoms with Crippen LogP contribution in [0.5, 0.6) is 0 Å². The van der Waals surface area contributed by atoms with Crippen LogP contribution in [0.15, 0.2) is 53.1 Å². The molecule has 0 radical (unpaired) electrons. The maximum Gasteiger partial charge on any atom is 0.254 e. The first-order valence-electron chi connectivity index (χ1n) is 8.01. The lowest BCUT2D eigenvalue weighted by atomic mass is 10.1.